The van der Waals surface area contributed by atoms with E-state index in [0.29, 0.717) is 12.6 Å². The summed E-state index contributed by atoms with van der Waals surface area (Å²) >= 11 is 1.60. The van der Waals surface area contributed by atoms with Crippen LogP contribution in [0.4, 0.5) is 5.82 Å². The van der Waals surface area contributed by atoms with Gasteiger partial charge in [0.2, 0.25) is 0 Å². The third-order valence-electron chi connectivity index (χ3n) is 4.94. The maximum Gasteiger partial charge on any atom is 0.251 e. The molecule has 1 saturated heterocycles. The Labute approximate surface area is 170 Å². The Hall–Kier alpha value is -2.12. The van der Waals surface area contributed by atoms with Gasteiger partial charge in [0.15, 0.2) is 5.16 Å². The van der Waals surface area contributed by atoms with Crippen LogP contribution >= 0.6 is 11.8 Å². The van der Waals surface area contributed by atoms with Crippen LogP contribution in [-0.2, 0) is 17.1 Å². The predicted molar refractivity (Wildman–Crippen MR) is 111 cm³/mol. The van der Waals surface area contributed by atoms with Crippen LogP contribution < -0.4 is 10.2 Å². The zero-order valence-corrected chi connectivity index (χ0v) is 17.0. The zero-order valence-electron chi connectivity index (χ0n) is 16.2. The SMILES string of the molecule is COCc1cc(N2CCCC2)nc(SCc2cccc(C(=O)NC3CC3)c2)n1. The number of aromatic nitrogens is 2. The monoisotopic (exact) mass is 398 g/mol. The number of methoxy groups -OCH3 is 1. The van der Waals surface area contributed by atoms with Gasteiger partial charge in [0.05, 0.1) is 12.3 Å². The first-order valence-electron chi connectivity index (χ1n) is 9.86. The van der Waals surface area contributed by atoms with Crippen molar-refractivity contribution in [3.05, 3.63) is 47.2 Å². The molecule has 1 N–H and O–H groups in total. The molecule has 6 nitrogen and oxygen atoms in total. The number of carbonyl (C=O) groups excluding carboxylic acids is 1. The van der Waals surface area contributed by atoms with Crippen molar-refractivity contribution in [1.29, 1.82) is 0 Å². The molecule has 1 aromatic heterocycles. The Kier molecular flexibility index (Phi) is 6.12. The molecule has 2 fully saturated rings. The Bertz CT molecular complexity index is 835. The third kappa shape index (κ3) is 5.02. The van der Waals surface area contributed by atoms with Crippen LogP contribution in [-0.4, -0.2) is 42.1 Å². The Morgan fingerprint density at radius 2 is 2.07 bits per heavy atom. The summed E-state index contributed by atoms with van der Waals surface area (Å²) in [6, 6.07) is 10.2. The van der Waals surface area contributed by atoms with Gasteiger partial charge in [-0.2, -0.15) is 0 Å². The molecule has 1 amide bonds. The lowest BCUT2D eigenvalue weighted by Crippen LogP contribution is -2.25. The summed E-state index contributed by atoms with van der Waals surface area (Å²) in [6.45, 7) is 2.57. The van der Waals surface area contributed by atoms with Crippen LogP contribution in [0.5, 0.6) is 0 Å². The molecule has 0 atom stereocenters. The van der Waals surface area contributed by atoms with Crippen LogP contribution in [0.25, 0.3) is 0 Å². The maximum atomic E-state index is 12.3. The molecule has 7 heteroatoms. The molecule has 4 rings (SSSR count). The highest BCUT2D eigenvalue weighted by Crippen LogP contribution is 2.26. The molecule has 0 unspecified atom stereocenters. The van der Waals surface area contributed by atoms with E-state index in [0.717, 1.165) is 59.5 Å². The lowest BCUT2D eigenvalue weighted by molar-refractivity contribution is 0.0951. The first-order chi connectivity index (χ1) is 13.7. The molecule has 28 heavy (non-hydrogen) atoms. The molecule has 2 aliphatic rings. The maximum absolute atomic E-state index is 12.3. The van der Waals surface area contributed by atoms with Crippen LogP contribution in [0.2, 0.25) is 0 Å². The molecule has 148 valence electrons. The minimum Gasteiger partial charge on any atom is -0.378 e. The first kappa shape index (κ1) is 19.2. The number of anilines is 1. The average Bonchev–Trinajstić information content (AvgIpc) is 3.35. The van der Waals surface area contributed by atoms with E-state index in [1.165, 1.54) is 12.8 Å². The van der Waals surface area contributed by atoms with Crippen molar-refractivity contribution in [3.8, 4) is 0 Å². The normalized spacial score (nSPS) is 16.4. The molecule has 1 aliphatic heterocycles. The van der Waals surface area contributed by atoms with E-state index in [9.17, 15) is 4.79 Å². The molecule has 0 radical (unpaired) electrons. The highest BCUT2D eigenvalue weighted by molar-refractivity contribution is 7.98. The molecule has 2 aromatic rings. The number of nitrogens with one attached hydrogen (secondary N) is 1. The quantitative estimate of drug-likeness (QED) is 0.543. The van der Waals surface area contributed by atoms with Gasteiger partial charge in [0.25, 0.3) is 5.91 Å². The number of ether oxygens (including phenoxy) is 1. The number of carbonyl (C=O) groups is 1. The van der Waals surface area contributed by atoms with Crippen LogP contribution in [0.1, 0.15) is 47.3 Å². The number of benzene rings is 1. The topological polar surface area (TPSA) is 67.3 Å². The molecule has 2 heterocycles. The minimum absolute atomic E-state index is 0.0176. The van der Waals surface area contributed by atoms with Gasteiger partial charge in [-0.1, -0.05) is 23.9 Å². The van der Waals surface area contributed by atoms with E-state index in [1.54, 1.807) is 18.9 Å². The number of thioether (sulfide) groups is 1. The molecule has 1 saturated carbocycles. The first-order valence-corrected chi connectivity index (χ1v) is 10.8. The standard InChI is InChI=1S/C21H26N4O2S/c1-27-13-18-12-19(25-9-2-3-10-25)24-21(23-18)28-14-15-5-4-6-16(11-15)20(26)22-17-7-8-17/h4-6,11-12,17H,2-3,7-10,13-14H2,1H3,(H,22,26). The van der Waals surface area contributed by atoms with E-state index < -0.39 is 0 Å². The van der Waals surface area contributed by atoms with E-state index in [2.05, 4.69) is 15.2 Å². The summed E-state index contributed by atoms with van der Waals surface area (Å²) in [5.74, 6) is 1.73. The number of hydrogen-bond acceptors (Lipinski definition) is 6. The van der Waals surface area contributed by atoms with Crippen molar-refractivity contribution in [2.45, 2.75) is 49.2 Å². The van der Waals surface area contributed by atoms with Crippen molar-refractivity contribution < 1.29 is 9.53 Å². The van der Waals surface area contributed by atoms with Gasteiger partial charge in [0.1, 0.15) is 5.82 Å². The summed E-state index contributed by atoms with van der Waals surface area (Å²) in [7, 11) is 1.68. The van der Waals surface area contributed by atoms with Gasteiger partial charge in [-0.25, -0.2) is 9.97 Å². The second-order valence-corrected chi connectivity index (χ2v) is 8.31. The smallest absolute Gasteiger partial charge is 0.251 e. The minimum atomic E-state index is 0.0176. The fourth-order valence-electron chi connectivity index (χ4n) is 3.30. The third-order valence-corrected chi connectivity index (χ3v) is 5.86. The van der Waals surface area contributed by atoms with Crippen molar-refractivity contribution in [1.82, 2.24) is 15.3 Å². The van der Waals surface area contributed by atoms with Crippen molar-refractivity contribution in [2.75, 3.05) is 25.1 Å². The number of hydrogen-bond donors (Lipinski definition) is 1. The highest BCUT2D eigenvalue weighted by atomic mass is 32.2. The van der Waals surface area contributed by atoms with Gasteiger partial charge in [-0.15, -0.1) is 0 Å². The average molecular weight is 399 g/mol. The number of nitrogens with zero attached hydrogens (tertiary/aromatic N) is 3. The summed E-state index contributed by atoms with van der Waals surface area (Å²) in [5.41, 5.74) is 2.72. The summed E-state index contributed by atoms with van der Waals surface area (Å²) in [6.07, 6.45) is 4.61. The zero-order chi connectivity index (χ0) is 19.3. The van der Waals surface area contributed by atoms with E-state index in [-0.39, 0.29) is 5.91 Å². The number of rotatable bonds is 8. The van der Waals surface area contributed by atoms with Gasteiger partial charge < -0.3 is 15.0 Å². The lowest BCUT2D eigenvalue weighted by atomic mass is 10.1. The van der Waals surface area contributed by atoms with Gasteiger partial charge in [-0.05, 0) is 43.4 Å². The van der Waals surface area contributed by atoms with Gasteiger partial charge in [-0.3, -0.25) is 4.79 Å². The fraction of sp³-hybridized carbons (Fsp3) is 0.476. The molecular weight excluding hydrogens is 372 g/mol. The largest absolute Gasteiger partial charge is 0.378 e. The Morgan fingerprint density at radius 1 is 1.25 bits per heavy atom. The molecule has 0 bridgehead atoms. The van der Waals surface area contributed by atoms with Gasteiger partial charge >= 0.3 is 0 Å². The van der Waals surface area contributed by atoms with E-state index >= 15 is 0 Å². The molecule has 1 aliphatic carbocycles. The summed E-state index contributed by atoms with van der Waals surface area (Å²) in [5, 5.41) is 3.80. The van der Waals surface area contributed by atoms with E-state index in [1.807, 2.05) is 30.3 Å². The molecule has 1 aromatic carbocycles. The Morgan fingerprint density at radius 3 is 2.82 bits per heavy atom. The Balaban J connectivity index is 1.45. The summed E-state index contributed by atoms with van der Waals surface area (Å²) < 4.78 is 5.28. The van der Waals surface area contributed by atoms with E-state index in [4.69, 9.17) is 9.72 Å². The van der Waals surface area contributed by atoms with Crippen molar-refractivity contribution >= 4 is 23.5 Å². The second-order valence-electron chi connectivity index (χ2n) is 7.36. The number of amides is 1. The highest BCUT2D eigenvalue weighted by Gasteiger charge is 2.23. The lowest BCUT2D eigenvalue weighted by Gasteiger charge is -2.17. The van der Waals surface area contributed by atoms with Crippen LogP contribution in [0.3, 0.4) is 0 Å². The van der Waals surface area contributed by atoms with Crippen LogP contribution in [0, 0.1) is 0 Å². The van der Waals surface area contributed by atoms with Crippen molar-refractivity contribution in [2.24, 2.45) is 0 Å². The van der Waals surface area contributed by atoms with Gasteiger partial charge in [0, 0.05) is 43.6 Å². The fourth-order valence-corrected chi connectivity index (χ4v) is 4.12. The van der Waals surface area contributed by atoms with Crippen LogP contribution in [0.15, 0.2) is 35.5 Å². The van der Waals surface area contributed by atoms with Crippen molar-refractivity contribution in [3.63, 3.8) is 0 Å². The second kappa shape index (κ2) is 8.92. The molecular formula is C21H26N4O2S. The molecule has 0 spiro atoms. The predicted octanol–water partition coefficient (Wildman–Crippen LogP) is 3.41. The summed E-state index contributed by atoms with van der Waals surface area (Å²) in [4.78, 5) is 24.0.